The fourth-order valence-electron chi connectivity index (χ4n) is 2.09. The lowest BCUT2D eigenvalue weighted by Crippen LogP contribution is -2.26. The zero-order valence-electron chi connectivity index (χ0n) is 11.3. The van der Waals surface area contributed by atoms with Crippen molar-refractivity contribution >= 4 is 16.8 Å². The standard InChI is InChI=1S/C15H18N2O3/c1-10(18)5-4-8-16-15(20)12-9-14(19)17-13-7-3-2-6-11(12)13/h2-3,6-7,9-10,18H,4-5,8H2,1H3,(H,16,20)(H,17,19). The van der Waals surface area contributed by atoms with E-state index in [0.717, 1.165) is 5.39 Å². The SMILES string of the molecule is CC(O)CCCNC(=O)c1cc(=O)[nH]c2ccccc12. The molecule has 0 aliphatic rings. The van der Waals surface area contributed by atoms with Gasteiger partial charge in [-0.15, -0.1) is 0 Å². The molecular weight excluding hydrogens is 256 g/mol. The van der Waals surface area contributed by atoms with Gasteiger partial charge in [0.1, 0.15) is 0 Å². The summed E-state index contributed by atoms with van der Waals surface area (Å²) in [4.78, 5) is 26.4. The summed E-state index contributed by atoms with van der Waals surface area (Å²) < 4.78 is 0. The van der Waals surface area contributed by atoms with E-state index in [0.29, 0.717) is 30.5 Å². The van der Waals surface area contributed by atoms with Gasteiger partial charge in [0, 0.05) is 23.5 Å². The highest BCUT2D eigenvalue weighted by Gasteiger charge is 2.10. The monoisotopic (exact) mass is 274 g/mol. The van der Waals surface area contributed by atoms with Crippen LogP contribution in [0, 0.1) is 0 Å². The summed E-state index contributed by atoms with van der Waals surface area (Å²) in [5.74, 6) is -0.266. The van der Waals surface area contributed by atoms with Crippen LogP contribution in [0.5, 0.6) is 0 Å². The Hall–Kier alpha value is -2.14. The van der Waals surface area contributed by atoms with Gasteiger partial charge in [0.15, 0.2) is 0 Å². The normalized spacial score (nSPS) is 12.3. The van der Waals surface area contributed by atoms with Gasteiger partial charge in [-0.2, -0.15) is 0 Å². The van der Waals surface area contributed by atoms with Gasteiger partial charge in [0.2, 0.25) is 5.56 Å². The molecule has 2 aromatic rings. The molecule has 1 atom stereocenters. The van der Waals surface area contributed by atoms with E-state index < -0.39 is 0 Å². The van der Waals surface area contributed by atoms with E-state index in [1.807, 2.05) is 12.1 Å². The quantitative estimate of drug-likeness (QED) is 0.721. The third kappa shape index (κ3) is 3.45. The molecule has 0 radical (unpaired) electrons. The van der Waals surface area contributed by atoms with Crippen LogP contribution in [0.4, 0.5) is 0 Å². The number of benzene rings is 1. The lowest BCUT2D eigenvalue weighted by molar-refractivity contribution is 0.0951. The molecule has 3 N–H and O–H groups in total. The average molecular weight is 274 g/mol. The Balaban J connectivity index is 2.15. The fourth-order valence-corrected chi connectivity index (χ4v) is 2.09. The summed E-state index contributed by atoms with van der Waals surface area (Å²) in [7, 11) is 0. The molecule has 0 saturated heterocycles. The number of aliphatic hydroxyl groups is 1. The van der Waals surface area contributed by atoms with Crippen molar-refractivity contribution in [3.8, 4) is 0 Å². The van der Waals surface area contributed by atoms with E-state index in [1.54, 1.807) is 19.1 Å². The lowest BCUT2D eigenvalue weighted by Gasteiger charge is -2.08. The van der Waals surface area contributed by atoms with Crippen molar-refractivity contribution in [3.63, 3.8) is 0 Å². The van der Waals surface area contributed by atoms with E-state index >= 15 is 0 Å². The van der Waals surface area contributed by atoms with Crippen LogP contribution in [0.2, 0.25) is 0 Å². The summed E-state index contributed by atoms with van der Waals surface area (Å²) in [6.45, 7) is 2.19. The van der Waals surface area contributed by atoms with E-state index in [2.05, 4.69) is 10.3 Å². The van der Waals surface area contributed by atoms with Crippen molar-refractivity contribution in [2.75, 3.05) is 6.54 Å². The van der Waals surface area contributed by atoms with Crippen LogP contribution in [-0.2, 0) is 0 Å². The minimum Gasteiger partial charge on any atom is -0.393 e. The number of hydrogen-bond acceptors (Lipinski definition) is 3. The number of fused-ring (bicyclic) bond motifs is 1. The van der Waals surface area contributed by atoms with Gasteiger partial charge in [-0.3, -0.25) is 9.59 Å². The van der Waals surface area contributed by atoms with Crippen molar-refractivity contribution in [3.05, 3.63) is 46.2 Å². The predicted octanol–water partition coefficient (Wildman–Crippen LogP) is 1.42. The molecular formula is C15H18N2O3. The first-order chi connectivity index (χ1) is 9.58. The molecule has 5 heteroatoms. The molecule has 20 heavy (non-hydrogen) atoms. The van der Waals surface area contributed by atoms with Crippen molar-refractivity contribution in [2.24, 2.45) is 0 Å². The number of para-hydroxylation sites is 1. The third-order valence-electron chi connectivity index (χ3n) is 3.08. The van der Waals surface area contributed by atoms with Crippen LogP contribution in [0.15, 0.2) is 35.1 Å². The molecule has 0 spiro atoms. The number of nitrogens with one attached hydrogen (secondary N) is 2. The maximum Gasteiger partial charge on any atom is 0.252 e. The molecule has 1 unspecified atom stereocenters. The molecule has 1 aromatic carbocycles. The smallest absolute Gasteiger partial charge is 0.252 e. The van der Waals surface area contributed by atoms with Gasteiger partial charge in [-0.25, -0.2) is 0 Å². The molecule has 0 aliphatic carbocycles. The summed E-state index contributed by atoms with van der Waals surface area (Å²) in [5, 5.41) is 12.6. The second kappa shape index (κ2) is 6.34. The minimum atomic E-state index is -0.368. The molecule has 106 valence electrons. The zero-order valence-corrected chi connectivity index (χ0v) is 11.3. The van der Waals surface area contributed by atoms with Crippen LogP contribution in [0.3, 0.4) is 0 Å². The summed E-state index contributed by atoms with van der Waals surface area (Å²) in [6, 6.07) is 8.51. The van der Waals surface area contributed by atoms with Crippen molar-refractivity contribution in [2.45, 2.75) is 25.9 Å². The van der Waals surface area contributed by atoms with Crippen LogP contribution < -0.4 is 10.9 Å². The van der Waals surface area contributed by atoms with Crippen LogP contribution in [-0.4, -0.2) is 28.6 Å². The second-order valence-electron chi connectivity index (χ2n) is 4.84. The summed E-state index contributed by atoms with van der Waals surface area (Å²) in [5.41, 5.74) is 0.730. The van der Waals surface area contributed by atoms with Gasteiger partial charge < -0.3 is 15.4 Å². The molecule has 1 heterocycles. The first-order valence-electron chi connectivity index (χ1n) is 6.66. The number of carbonyl (C=O) groups is 1. The highest BCUT2D eigenvalue weighted by Crippen LogP contribution is 2.14. The maximum atomic E-state index is 12.1. The number of rotatable bonds is 5. The highest BCUT2D eigenvalue weighted by molar-refractivity contribution is 6.05. The minimum absolute atomic E-state index is 0.266. The number of amides is 1. The Kier molecular flexibility index (Phi) is 4.53. The first kappa shape index (κ1) is 14.3. The Bertz CT molecular complexity index is 661. The number of hydrogen-bond donors (Lipinski definition) is 3. The zero-order chi connectivity index (χ0) is 14.5. The van der Waals surface area contributed by atoms with E-state index in [1.165, 1.54) is 6.07 Å². The largest absolute Gasteiger partial charge is 0.393 e. The van der Waals surface area contributed by atoms with E-state index in [4.69, 9.17) is 5.11 Å². The molecule has 1 amide bonds. The van der Waals surface area contributed by atoms with Gasteiger partial charge in [0.25, 0.3) is 5.91 Å². The Labute approximate surface area is 116 Å². The maximum absolute atomic E-state index is 12.1. The predicted molar refractivity (Wildman–Crippen MR) is 77.8 cm³/mol. The highest BCUT2D eigenvalue weighted by atomic mass is 16.3. The Morgan fingerprint density at radius 2 is 2.15 bits per heavy atom. The Morgan fingerprint density at radius 3 is 2.90 bits per heavy atom. The van der Waals surface area contributed by atoms with Crippen molar-refractivity contribution in [1.29, 1.82) is 0 Å². The molecule has 0 saturated carbocycles. The topological polar surface area (TPSA) is 82.2 Å². The van der Waals surface area contributed by atoms with Gasteiger partial charge >= 0.3 is 0 Å². The number of carbonyl (C=O) groups excluding carboxylic acids is 1. The van der Waals surface area contributed by atoms with Crippen LogP contribution in [0.1, 0.15) is 30.1 Å². The average Bonchev–Trinajstić information content (AvgIpc) is 2.42. The lowest BCUT2D eigenvalue weighted by atomic mass is 10.1. The second-order valence-corrected chi connectivity index (χ2v) is 4.84. The summed E-state index contributed by atoms with van der Waals surface area (Å²) >= 11 is 0. The molecule has 0 aliphatic heterocycles. The third-order valence-corrected chi connectivity index (χ3v) is 3.08. The number of H-pyrrole nitrogens is 1. The van der Waals surface area contributed by atoms with Crippen molar-refractivity contribution in [1.82, 2.24) is 10.3 Å². The van der Waals surface area contributed by atoms with E-state index in [9.17, 15) is 9.59 Å². The number of aromatic amines is 1. The van der Waals surface area contributed by atoms with Gasteiger partial charge in [-0.1, -0.05) is 18.2 Å². The fraction of sp³-hybridized carbons (Fsp3) is 0.333. The molecule has 0 bridgehead atoms. The summed E-state index contributed by atoms with van der Waals surface area (Å²) in [6.07, 6.45) is 0.966. The van der Waals surface area contributed by atoms with Crippen LogP contribution in [0.25, 0.3) is 10.9 Å². The van der Waals surface area contributed by atoms with Crippen LogP contribution >= 0.6 is 0 Å². The first-order valence-corrected chi connectivity index (χ1v) is 6.66. The molecule has 0 fully saturated rings. The molecule has 5 nitrogen and oxygen atoms in total. The van der Waals surface area contributed by atoms with Crippen molar-refractivity contribution < 1.29 is 9.90 Å². The number of pyridine rings is 1. The van der Waals surface area contributed by atoms with Gasteiger partial charge in [0.05, 0.1) is 11.7 Å². The number of aliphatic hydroxyl groups excluding tert-OH is 1. The Morgan fingerprint density at radius 1 is 1.40 bits per heavy atom. The molecule has 2 rings (SSSR count). The number of aromatic nitrogens is 1. The molecule has 1 aromatic heterocycles. The van der Waals surface area contributed by atoms with E-state index in [-0.39, 0.29) is 17.6 Å². The van der Waals surface area contributed by atoms with Gasteiger partial charge in [-0.05, 0) is 25.8 Å².